The van der Waals surface area contributed by atoms with Crippen LogP contribution in [0.2, 0.25) is 0 Å². The number of ether oxygens (including phenoxy) is 1. The predicted molar refractivity (Wildman–Crippen MR) is 102 cm³/mol. The number of aryl methyl sites for hydroxylation is 1. The summed E-state index contributed by atoms with van der Waals surface area (Å²) in [5, 5.41) is 2.59. The van der Waals surface area contributed by atoms with E-state index in [0.717, 1.165) is 0 Å². The predicted octanol–water partition coefficient (Wildman–Crippen LogP) is 5.41. The molecule has 0 fully saturated rings. The van der Waals surface area contributed by atoms with Crippen molar-refractivity contribution in [1.82, 2.24) is 4.98 Å². The van der Waals surface area contributed by atoms with Crippen LogP contribution in [0, 0.1) is 6.92 Å². The standard InChI is InChI=1S/C21H20F2N2O3/c1-4-21(22,23)15-6-5-7-16(12-15)25-19(26)18-13(2)24-20(28-18)14-8-10-17(27-3)11-9-14/h5-12H,4H2,1-3H3,(H,25,26). The van der Waals surface area contributed by atoms with E-state index in [0.29, 0.717) is 17.0 Å². The Bertz CT molecular complexity index is 982. The highest BCUT2D eigenvalue weighted by Gasteiger charge is 2.29. The van der Waals surface area contributed by atoms with Gasteiger partial charge in [0.05, 0.1) is 12.8 Å². The third-order valence-corrected chi connectivity index (χ3v) is 4.33. The molecule has 2 aromatic carbocycles. The highest BCUT2D eigenvalue weighted by atomic mass is 19.3. The van der Waals surface area contributed by atoms with Crippen molar-refractivity contribution in [2.24, 2.45) is 0 Å². The number of hydrogen-bond acceptors (Lipinski definition) is 4. The number of benzene rings is 2. The maximum Gasteiger partial charge on any atom is 0.293 e. The fourth-order valence-electron chi connectivity index (χ4n) is 2.68. The lowest BCUT2D eigenvalue weighted by Gasteiger charge is -2.15. The van der Waals surface area contributed by atoms with Gasteiger partial charge in [0, 0.05) is 23.2 Å². The second-order valence-corrected chi connectivity index (χ2v) is 6.25. The normalized spacial score (nSPS) is 11.3. The molecule has 7 heteroatoms. The van der Waals surface area contributed by atoms with E-state index in [2.05, 4.69) is 10.3 Å². The molecule has 0 unspecified atom stereocenters. The Morgan fingerprint density at radius 3 is 2.57 bits per heavy atom. The Morgan fingerprint density at radius 2 is 1.93 bits per heavy atom. The van der Waals surface area contributed by atoms with Crippen molar-refractivity contribution in [3.8, 4) is 17.2 Å². The van der Waals surface area contributed by atoms with Gasteiger partial charge in [-0.1, -0.05) is 19.1 Å². The molecule has 0 saturated carbocycles. The van der Waals surface area contributed by atoms with E-state index < -0.39 is 11.8 Å². The lowest BCUT2D eigenvalue weighted by atomic mass is 10.1. The zero-order valence-corrected chi connectivity index (χ0v) is 15.8. The van der Waals surface area contributed by atoms with Crippen LogP contribution < -0.4 is 10.1 Å². The van der Waals surface area contributed by atoms with E-state index in [9.17, 15) is 13.6 Å². The van der Waals surface area contributed by atoms with Crippen molar-refractivity contribution in [1.29, 1.82) is 0 Å². The zero-order chi connectivity index (χ0) is 20.3. The molecule has 3 rings (SSSR count). The second-order valence-electron chi connectivity index (χ2n) is 6.25. The summed E-state index contributed by atoms with van der Waals surface area (Å²) in [5.41, 5.74) is 1.20. The van der Waals surface area contributed by atoms with Gasteiger partial charge in [0.15, 0.2) is 0 Å². The third-order valence-electron chi connectivity index (χ3n) is 4.33. The molecule has 0 radical (unpaired) electrons. The number of alkyl halides is 2. The molecule has 146 valence electrons. The van der Waals surface area contributed by atoms with Crippen LogP contribution in [-0.2, 0) is 5.92 Å². The number of amides is 1. The van der Waals surface area contributed by atoms with E-state index in [-0.39, 0.29) is 29.3 Å². The Hall–Kier alpha value is -3.22. The van der Waals surface area contributed by atoms with Gasteiger partial charge in [-0.15, -0.1) is 0 Å². The molecule has 1 N–H and O–H groups in total. The Morgan fingerprint density at radius 1 is 1.21 bits per heavy atom. The fourth-order valence-corrected chi connectivity index (χ4v) is 2.68. The maximum absolute atomic E-state index is 13.9. The molecular weight excluding hydrogens is 366 g/mol. The minimum Gasteiger partial charge on any atom is -0.497 e. The molecule has 3 aromatic rings. The lowest BCUT2D eigenvalue weighted by Crippen LogP contribution is -2.15. The Balaban J connectivity index is 1.82. The third kappa shape index (κ3) is 4.03. The number of nitrogens with one attached hydrogen (secondary N) is 1. The molecular formula is C21H20F2N2O3. The number of anilines is 1. The van der Waals surface area contributed by atoms with Gasteiger partial charge < -0.3 is 14.5 Å². The van der Waals surface area contributed by atoms with Gasteiger partial charge in [-0.05, 0) is 43.3 Å². The number of hydrogen-bond donors (Lipinski definition) is 1. The topological polar surface area (TPSA) is 64.4 Å². The molecule has 1 heterocycles. The molecule has 0 saturated heterocycles. The van der Waals surface area contributed by atoms with E-state index in [1.54, 1.807) is 44.4 Å². The number of halogens is 2. The largest absolute Gasteiger partial charge is 0.497 e. The van der Waals surface area contributed by atoms with Crippen LogP contribution in [0.15, 0.2) is 52.9 Å². The van der Waals surface area contributed by atoms with E-state index in [4.69, 9.17) is 9.15 Å². The van der Waals surface area contributed by atoms with Crippen molar-refractivity contribution >= 4 is 11.6 Å². The summed E-state index contributed by atoms with van der Waals surface area (Å²) in [4.78, 5) is 16.8. The first-order chi connectivity index (χ1) is 13.3. The van der Waals surface area contributed by atoms with Crippen LogP contribution in [-0.4, -0.2) is 18.0 Å². The summed E-state index contributed by atoms with van der Waals surface area (Å²) in [6, 6.07) is 12.7. The van der Waals surface area contributed by atoms with Crippen LogP contribution in [0.1, 0.15) is 35.2 Å². The number of carbonyl (C=O) groups excluding carboxylic acids is 1. The first kappa shape index (κ1) is 19.5. The van der Waals surface area contributed by atoms with E-state index in [1.807, 2.05) is 0 Å². The molecule has 5 nitrogen and oxygen atoms in total. The average molecular weight is 386 g/mol. The molecule has 28 heavy (non-hydrogen) atoms. The van der Waals surface area contributed by atoms with Gasteiger partial charge in [-0.2, -0.15) is 0 Å². The summed E-state index contributed by atoms with van der Waals surface area (Å²) < 4.78 is 38.5. The summed E-state index contributed by atoms with van der Waals surface area (Å²) in [5.74, 6) is -2.50. The van der Waals surface area contributed by atoms with E-state index in [1.165, 1.54) is 25.1 Å². The van der Waals surface area contributed by atoms with Gasteiger partial charge >= 0.3 is 0 Å². The van der Waals surface area contributed by atoms with Gasteiger partial charge in [0.1, 0.15) is 5.75 Å². The molecule has 0 aliphatic heterocycles. The van der Waals surface area contributed by atoms with Crippen molar-refractivity contribution < 1.29 is 22.7 Å². The highest BCUT2D eigenvalue weighted by Crippen LogP contribution is 2.32. The first-order valence-corrected chi connectivity index (χ1v) is 8.75. The Kier molecular flexibility index (Phi) is 5.44. The van der Waals surface area contributed by atoms with Gasteiger partial charge in [-0.25, -0.2) is 13.8 Å². The van der Waals surface area contributed by atoms with Gasteiger partial charge in [0.2, 0.25) is 11.7 Å². The van der Waals surface area contributed by atoms with Crippen LogP contribution in [0.3, 0.4) is 0 Å². The van der Waals surface area contributed by atoms with Gasteiger partial charge in [-0.3, -0.25) is 4.79 Å². The minimum atomic E-state index is -2.95. The number of rotatable bonds is 6. The number of methoxy groups -OCH3 is 1. The van der Waals surface area contributed by atoms with Crippen molar-refractivity contribution in [2.45, 2.75) is 26.2 Å². The molecule has 1 amide bonds. The quantitative estimate of drug-likeness (QED) is 0.615. The van der Waals surface area contributed by atoms with Crippen LogP contribution in [0.25, 0.3) is 11.5 Å². The molecule has 0 aliphatic carbocycles. The van der Waals surface area contributed by atoms with Crippen molar-refractivity contribution in [3.63, 3.8) is 0 Å². The second kappa shape index (κ2) is 7.80. The SMILES string of the molecule is CCC(F)(F)c1cccc(NC(=O)c2oc(-c3ccc(OC)cc3)nc2C)c1. The minimum absolute atomic E-state index is 0.0264. The fraction of sp³-hybridized carbons (Fsp3) is 0.238. The number of oxazole rings is 1. The van der Waals surface area contributed by atoms with Crippen molar-refractivity contribution in [3.05, 3.63) is 65.5 Å². The molecule has 0 bridgehead atoms. The summed E-state index contributed by atoms with van der Waals surface area (Å²) in [6.07, 6.45) is -0.323. The smallest absolute Gasteiger partial charge is 0.293 e. The zero-order valence-electron chi connectivity index (χ0n) is 15.8. The molecule has 0 atom stereocenters. The maximum atomic E-state index is 13.9. The molecule has 0 spiro atoms. The van der Waals surface area contributed by atoms with Crippen LogP contribution >= 0.6 is 0 Å². The average Bonchev–Trinajstić information content (AvgIpc) is 3.10. The summed E-state index contributed by atoms with van der Waals surface area (Å²) in [7, 11) is 1.57. The first-order valence-electron chi connectivity index (χ1n) is 8.75. The highest BCUT2D eigenvalue weighted by molar-refractivity contribution is 6.03. The summed E-state index contributed by atoms with van der Waals surface area (Å²) in [6.45, 7) is 3.05. The number of carbonyl (C=O) groups is 1. The van der Waals surface area contributed by atoms with E-state index >= 15 is 0 Å². The van der Waals surface area contributed by atoms with Crippen LogP contribution in [0.5, 0.6) is 5.75 Å². The van der Waals surface area contributed by atoms with Crippen LogP contribution in [0.4, 0.5) is 14.5 Å². The molecule has 1 aromatic heterocycles. The monoisotopic (exact) mass is 386 g/mol. The Labute approximate surface area is 161 Å². The lowest BCUT2D eigenvalue weighted by molar-refractivity contribution is -0.00824. The molecule has 0 aliphatic rings. The number of nitrogens with zero attached hydrogens (tertiary/aromatic N) is 1. The number of aromatic nitrogens is 1. The van der Waals surface area contributed by atoms with Crippen molar-refractivity contribution in [2.75, 3.05) is 12.4 Å². The summed E-state index contributed by atoms with van der Waals surface area (Å²) >= 11 is 0. The van der Waals surface area contributed by atoms with Gasteiger partial charge in [0.25, 0.3) is 11.8 Å².